The third-order valence-electron chi connectivity index (χ3n) is 6.93. The van der Waals surface area contributed by atoms with E-state index in [0.29, 0.717) is 24.4 Å². The summed E-state index contributed by atoms with van der Waals surface area (Å²) in [6.45, 7) is 12.9. The standard InChI is InChI=1S/C27H43N5O/c1-6-11-23-19-24(32-21(5)29-30-27(32)20(3)4)15-17-31(23)18-16-25(28-26(33)12-7-2)22-13-9-8-10-14-22/h8-10,13-14,20,23-25H,6-7,11-12,15-19H2,1-5H3,(H,28,33)/t23-,24+,25-/m0/s1. The number of amides is 1. The summed E-state index contributed by atoms with van der Waals surface area (Å²) in [7, 11) is 0. The second-order valence-electron chi connectivity index (χ2n) is 9.86. The van der Waals surface area contributed by atoms with E-state index in [9.17, 15) is 4.79 Å². The normalized spacial score (nSPS) is 20.2. The number of rotatable bonds is 11. The molecule has 3 atom stereocenters. The fraction of sp³-hybridized carbons (Fsp3) is 0.667. The maximum absolute atomic E-state index is 12.4. The second kappa shape index (κ2) is 12.3. The van der Waals surface area contributed by atoms with E-state index in [2.05, 4.69) is 83.9 Å². The van der Waals surface area contributed by atoms with Crippen LogP contribution in [0.1, 0.15) is 108 Å². The van der Waals surface area contributed by atoms with Crippen LogP contribution >= 0.6 is 0 Å². The minimum absolute atomic E-state index is 0.0675. The van der Waals surface area contributed by atoms with Gasteiger partial charge in [-0.2, -0.15) is 0 Å². The van der Waals surface area contributed by atoms with Gasteiger partial charge in [0.2, 0.25) is 5.91 Å². The zero-order valence-corrected chi connectivity index (χ0v) is 21.3. The number of nitrogens with one attached hydrogen (secondary N) is 1. The molecule has 3 rings (SSSR count). The van der Waals surface area contributed by atoms with Gasteiger partial charge >= 0.3 is 0 Å². The lowest BCUT2D eigenvalue weighted by Crippen LogP contribution is -2.44. The first kappa shape index (κ1) is 25.4. The smallest absolute Gasteiger partial charge is 0.220 e. The molecule has 1 amide bonds. The van der Waals surface area contributed by atoms with Crippen molar-refractivity contribution >= 4 is 5.91 Å². The number of aromatic nitrogens is 3. The van der Waals surface area contributed by atoms with Crippen molar-refractivity contribution in [2.45, 2.75) is 104 Å². The number of hydrogen-bond acceptors (Lipinski definition) is 4. The Morgan fingerprint density at radius 1 is 1.15 bits per heavy atom. The van der Waals surface area contributed by atoms with Gasteiger partial charge in [-0.25, -0.2) is 0 Å². The molecule has 0 spiro atoms. The maximum Gasteiger partial charge on any atom is 0.220 e. The molecular weight excluding hydrogens is 410 g/mol. The lowest BCUT2D eigenvalue weighted by atomic mass is 9.92. The number of aryl methyl sites for hydroxylation is 1. The van der Waals surface area contributed by atoms with Gasteiger partial charge in [0.05, 0.1) is 6.04 Å². The number of carbonyl (C=O) groups is 1. The van der Waals surface area contributed by atoms with E-state index in [4.69, 9.17) is 0 Å². The van der Waals surface area contributed by atoms with Crippen molar-refractivity contribution in [1.82, 2.24) is 25.0 Å². The highest BCUT2D eigenvalue weighted by Crippen LogP contribution is 2.33. The van der Waals surface area contributed by atoms with Gasteiger partial charge in [0.1, 0.15) is 11.6 Å². The summed E-state index contributed by atoms with van der Waals surface area (Å²) in [5.74, 6) is 2.69. The van der Waals surface area contributed by atoms with E-state index in [0.717, 1.165) is 50.4 Å². The van der Waals surface area contributed by atoms with Gasteiger partial charge in [-0.1, -0.05) is 64.4 Å². The lowest BCUT2D eigenvalue weighted by Gasteiger charge is -2.41. The van der Waals surface area contributed by atoms with E-state index in [1.807, 2.05) is 6.07 Å². The van der Waals surface area contributed by atoms with Crippen molar-refractivity contribution in [3.05, 3.63) is 47.5 Å². The van der Waals surface area contributed by atoms with Crippen LogP contribution in [0.4, 0.5) is 0 Å². The van der Waals surface area contributed by atoms with Crippen molar-refractivity contribution in [3.63, 3.8) is 0 Å². The Labute approximate surface area is 200 Å². The van der Waals surface area contributed by atoms with Gasteiger partial charge in [-0.15, -0.1) is 10.2 Å². The SMILES string of the molecule is CCCC(=O)N[C@@H](CCN1CC[C@@H](n2c(C)nnc2C(C)C)C[C@@H]1CCC)c1ccccc1. The highest BCUT2D eigenvalue weighted by Gasteiger charge is 2.31. The van der Waals surface area contributed by atoms with E-state index < -0.39 is 0 Å². The van der Waals surface area contributed by atoms with Gasteiger partial charge in [-0.3, -0.25) is 4.79 Å². The molecule has 6 heteroatoms. The number of carbonyl (C=O) groups excluding carboxylic acids is 1. The van der Waals surface area contributed by atoms with Gasteiger partial charge in [0, 0.05) is 37.5 Å². The van der Waals surface area contributed by atoms with Gasteiger partial charge in [0.15, 0.2) is 0 Å². The summed E-state index contributed by atoms with van der Waals surface area (Å²) in [5.41, 5.74) is 1.20. The molecule has 1 N–H and O–H groups in total. The summed E-state index contributed by atoms with van der Waals surface area (Å²) in [4.78, 5) is 15.1. The summed E-state index contributed by atoms with van der Waals surface area (Å²) in [5, 5.41) is 12.2. The van der Waals surface area contributed by atoms with Crippen LogP contribution in [-0.4, -0.2) is 44.7 Å². The molecule has 0 unspecified atom stereocenters. The van der Waals surface area contributed by atoms with E-state index in [1.165, 1.54) is 18.4 Å². The number of likely N-dealkylation sites (tertiary alicyclic amines) is 1. The highest BCUT2D eigenvalue weighted by atomic mass is 16.1. The molecule has 1 aromatic heterocycles. The molecule has 0 saturated carbocycles. The fourth-order valence-electron chi connectivity index (χ4n) is 5.27. The molecule has 1 aromatic carbocycles. The summed E-state index contributed by atoms with van der Waals surface area (Å²) < 4.78 is 2.41. The predicted molar refractivity (Wildman–Crippen MR) is 134 cm³/mol. The Morgan fingerprint density at radius 3 is 2.58 bits per heavy atom. The Morgan fingerprint density at radius 2 is 1.91 bits per heavy atom. The molecule has 2 aromatic rings. The Bertz CT molecular complexity index is 863. The van der Waals surface area contributed by atoms with Crippen LogP contribution in [0.2, 0.25) is 0 Å². The molecular formula is C27H43N5O. The molecule has 1 fully saturated rings. The third-order valence-corrected chi connectivity index (χ3v) is 6.93. The number of nitrogens with zero attached hydrogens (tertiary/aromatic N) is 4. The topological polar surface area (TPSA) is 63.1 Å². The van der Waals surface area contributed by atoms with E-state index in [-0.39, 0.29) is 11.9 Å². The average Bonchev–Trinajstić information content (AvgIpc) is 3.20. The van der Waals surface area contributed by atoms with Crippen molar-refractivity contribution in [2.75, 3.05) is 13.1 Å². The fourth-order valence-corrected chi connectivity index (χ4v) is 5.27. The Kier molecular flexibility index (Phi) is 9.48. The largest absolute Gasteiger partial charge is 0.349 e. The quantitative estimate of drug-likeness (QED) is 0.484. The summed E-state index contributed by atoms with van der Waals surface area (Å²) in [6, 6.07) is 11.5. The van der Waals surface area contributed by atoms with Crippen molar-refractivity contribution in [3.8, 4) is 0 Å². The second-order valence-corrected chi connectivity index (χ2v) is 9.86. The van der Waals surface area contributed by atoms with Crippen LogP contribution < -0.4 is 5.32 Å². The highest BCUT2D eigenvalue weighted by molar-refractivity contribution is 5.76. The van der Waals surface area contributed by atoms with Gasteiger partial charge < -0.3 is 14.8 Å². The molecule has 6 nitrogen and oxygen atoms in total. The van der Waals surface area contributed by atoms with E-state index in [1.54, 1.807) is 0 Å². The molecule has 182 valence electrons. The van der Waals surface area contributed by atoms with Crippen molar-refractivity contribution in [1.29, 1.82) is 0 Å². The maximum atomic E-state index is 12.4. The van der Waals surface area contributed by atoms with Crippen LogP contribution in [0.15, 0.2) is 30.3 Å². The zero-order valence-electron chi connectivity index (χ0n) is 21.3. The Hall–Kier alpha value is -2.21. The molecule has 0 aliphatic carbocycles. The molecule has 0 bridgehead atoms. The summed E-state index contributed by atoms with van der Waals surface area (Å²) >= 11 is 0. The monoisotopic (exact) mass is 453 g/mol. The molecule has 1 saturated heterocycles. The lowest BCUT2D eigenvalue weighted by molar-refractivity contribution is -0.122. The minimum Gasteiger partial charge on any atom is -0.349 e. The predicted octanol–water partition coefficient (Wildman–Crippen LogP) is 5.56. The van der Waals surface area contributed by atoms with Crippen LogP contribution in [0, 0.1) is 6.92 Å². The van der Waals surface area contributed by atoms with Crippen molar-refractivity contribution in [2.24, 2.45) is 0 Å². The number of piperidine rings is 1. The molecule has 2 heterocycles. The first-order chi connectivity index (χ1) is 15.9. The van der Waals surface area contributed by atoms with Crippen LogP contribution in [0.3, 0.4) is 0 Å². The molecule has 1 aliphatic rings. The average molecular weight is 454 g/mol. The molecule has 1 aliphatic heterocycles. The summed E-state index contributed by atoms with van der Waals surface area (Å²) in [6.07, 6.45) is 7.05. The first-order valence-electron chi connectivity index (χ1n) is 12.9. The third kappa shape index (κ3) is 6.66. The molecule has 0 radical (unpaired) electrons. The van der Waals surface area contributed by atoms with Crippen LogP contribution in [0.25, 0.3) is 0 Å². The molecule has 33 heavy (non-hydrogen) atoms. The van der Waals surface area contributed by atoms with Crippen LogP contribution in [0.5, 0.6) is 0 Å². The van der Waals surface area contributed by atoms with Gasteiger partial charge in [-0.05, 0) is 44.6 Å². The first-order valence-corrected chi connectivity index (χ1v) is 12.9. The number of hydrogen-bond donors (Lipinski definition) is 1. The van der Waals surface area contributed by atoms with Gasteiger partial charge in [0.25, 0.3) is 0 Å². The Balaban J connectivity index is 1.69. The van der Waals surface area contributed by atoms with Crippen molar-refractivity contribution < 1.29 is 4.79 Å². The zero-order chi connectivity index (χ0) is 23.8. The van der Waals surface area contributed by atoms with Crippen LogP contribution in [-0.2, 0) is 4.79 Å². The minimum atomic E-state index is 0.0675. The van der Waals surface area contributed by atoms with E-state index >= 15 is 0 Å². The number of benzene rings is 1.